The summed E-state index contributed by atoms with van der Waals surface area (Å²) in [5.41, 5.74) is 0.762. The highest BCUT2D eigenvalue weighted by molar-refractivity contribution is 8.00. The van der Waals surface area contributed by atoms with Crippen molar-refractivity contribution in [3.63, 3.8) is 0 Å². The molecule has 1 saturated heterocycles. The van der Waals surface area contributed by atoms with Crippen molar-refractivity contribution in [2.45, 2.75) is 16.8 Å². The number of thioether (sulfide) groups is 1. The van der Waals surface area contributed by atoms with E-state index in [0.717, 1.165) is 12.1 Å². The molecule has 6 nitrogen and oxygen atoms in total. The maximum absolute atomic E-state index is 12.5. The van der Waals surface area contributed by atoms with Crippen molar-refractivity contribution in [3.05, 3.63) is 29.3 Å². The highest BCUT2D eigenvalue weighted by Crippen LogP contribution is 2.34. The second kappa shape index (κ2) is 5.41. The summed E-state index contributed by atoms with van der Waals surface area (Å²) in [7, 11) is 1.76. The summed E-state index contributed by atoms with van der Waals surface area (Å²) < 4.78 is 1.57. The van der Waals surface area contributed by atoms with Gasteiger partial charge in [0, 0.05) is 13.6 Å². The first-order chi connectivity index (χ1) is 9.66. The molecule has 1 aliphatic rings. The summed E-state index contributed by atoms with van der Waals surface area (Å²) in [6.07, 6.45) is 0.752. The zero-order chi connectivity index (χ0) is 14.1. The third-order valence-corrected chi connectivity index (χ3v) is 4.73. The van der Waals surface area contributed by atoms with E-state index in [1.807, 2.05) is 18.2 Å². The molecule has 2 heterocycles. The Kier molecular flexibility index (Phi) is 3.62. The molecule has 1 fully saturated rings. The Morgan fingerprint density at radius 1 is 1.40 bits per heavy atom. The number of halogens is 1. The lowest BCUT2D eigenvalue weighted by molar-refractivity contribution is -0.116. The van der Waals surface area contributed by atoms with Gasteiger partial charge in [0.25, 0.3) is 0 Å². The summed E-state index contributed by atoms with van der Waals surface area (Å²) in [5, 5.41) is 12.3. The third-order valence-electron chi connectivity index (χ3n) is 3.13. The highest BCUT2D eigenvalue weighted by atomic mass is 35.5. The number of para-hydroxylation sites is 1. The lowest BCUT2D eigenvalue weighted by atomic mass is 10.3. The molecule has 0 unspecified atom stereocenters. The number of hydrogen-bond donors (Lipinski definition) is 0. The van der Waals surface area contributed by atoms with Crippen LogP contribution in [0, 0.1) is 0 Å². The average molecular weight is 310 g/mol. The van der Waals surface area contributed by atoms with Crippen LogP contribution >= 0.6 is 23.4 Å². The first-order valence-corrected chi connectivity index (χ1v) is 7.37. The van der Waals surface area contributed by atoms with Crippen LogP contribution in [-0.2, 0) is 11.8 Å². The van der Waals surface area contributed by atoms with Crippen LogP contribution in [0.5, 0.6) is 0 Å². The molecule has 0 N–H and O–H groups in total. The molecule has 20 heavy (non-hydrogen) atoms. The molecule has 3 rings (SSSR count). The third kappa shape index (κ3) is 2.38. The van der Waals surface area contributed by atoms with Gasteiger partial charge in [-0.3, -0.25) is 4.79 Å². The monoisotopic (exact) mass is 309 g/mol. The van der Waals surface area contributed by atoms with E-state index in [1.165, 1.54) is 11.8 Å². The van der Waals surface area contributed by atoms with Crippen molar-refractivity contribution in [2.75, 3.05) is 11.4 Å². The van der Waals surface area contributed by atoms with Gasteiger partial charge in [0.2, 0.25) is 11.1 Å². The van der Waals surface area contributed by atoms with E-state index in [2.05, 4.69) is 15.5 Å². The second-order valence-electron chi connectivity index (χ2n) is 4.42. The van der Waals surface area contributed by atoms with Crippen molar-refractivity contribution in [2.24, 2.45) is 7.05 Å². The highest BCUT2D eigenvalue weighted by Gasteiger charge is 2.35. The van der Waals surface area contributed by atoms with Gasteiger partial charge < -0.3 is 4.90 Å². The molecular formula is C12H12ClN5OS. The molecule has 1 aromatic heterocycles. The normalized spacial score (nSPS) is 18.8. The molecule has 0 bridgehead atoms. The Balaban J connectivity index is 1.78. The second-order valence-corrected chi connectivity index (χ2v) is 6.00. The topological polar surface area (TPSA) is 63.9 Å². The van der Waals surface area contributed by atoms with Crippen LogP contribution in [-0.4, -0.2) is 37.9 Å². The summed E-state index contributed by atoms with van der Waals surface area (Å²) >= 11 is 7.54. The number of carbonyl (C=O) groups is 1. The van der Waals surface area contributed by atoms with E-state index in [-0.39, 0.29) is 11.2 Å². The minimum absolute atomic E-state index is 0.0473. The first-order valence-electron chi connectivity index (χ1n) is 6.12. The number of hydrogen-bond acceptors (Lipinski definition) is 5. The van der Waals surface area contributed by atoms with Crippen molar-refractivity contribution in [1.82, 2.24) is 20.2 Å². The van der Waals surface area contributed by atoms with Gasteiger partial charge in [0.05, 0.1) is 16.0 Å². The Morgan fingerprint density at radius 2 is 2.20 bits per heavy atom. The average Bonchev–Trinajstić information content (AvgIpc) is 2.99. The zero-order valence-corrected chi connectivity index (χ0v) is 12.3. The van der Waals surface area contributed by atoms with E-state index in [0.29, 0.717) is 16.7 Å². The number of nitrogens with zero attached hydrogens (tertiary/aromatic N) is 5. The minimum Gasteiger partial charge on any atom is -0.310 e. The van der Waals surface area contributed by atoms with Crippen molar-refractivity contribution >= 4 is 35.0 Å². The lowest BCUT2D eigenvalue weighted by Crippen LogP contribution is -2.28. The van der Waals surface area contributed by atoms with Crippen LogP contribution in [0.4, 0.5) is 5.69 Å². The van der Waals surface area contributed by atoms with Gasteiger partial charge in [-0.2, -0.15) is 0 Å². The van der Waals surface area contributed by atoms with Crippen LogP contribution in [0.25, 0.3) is 0 Å². The largest absolute Gasteiger partial charge is 0.310 e. The number of amides is 1. The van der Waals surface area contributed by atoms with Gasteiger partial charge in [0.15, 0.2) is 0 Å². The van der Waals surface area contributed by atoms with Crippen LogP contribution < -0.4 is 4.90 Å². The molecule has 2 aromatic rings. The standard InChI is InChI=1S/C12H12ClN5OS/c1-17-12(14-15-16-17)20-10-6-7-18(11(10)19)9-5-3-2-4-8(9)13/h2-5,10H,6-7H2,1H3/t10-/m0/s1. The number of rotatable bonds is 3. The SMILES string of the molecule is Cn1nnnc1S[C@H]1CCN(c2ccccc2Cl)C1=O. The van der Waals surface area contributed by atoms with E-state index >= 15 is 0 Å². The number of aryl methyl sites for hydroxylation is 1. The summed E-state index contributed by atoms with van der Waals surface area (Å²) in [5.74, 6) is 0.0473. The van der Waals surface area contributed by atoms with Crippen LogP contribution in [0.1, 0.15) is 6.42 Å². The van der Waals surface area contributed by atoms with Crippen molar-refractivity contribution in [1.29, 1.82) is 0 Å². The summed E-state index contributed by atoms with van der Waals surface area (Å²) in [4.78, 5) is 14.2. The molecule has 1 aliphatic heterocycles. The zero-order valence-electron chi connectivity index (χ0n) is 10.7. The smallest absolute Gasteiger partial charge is 0.240 e. The quantitative estimate of drug-likeness (QED) is 0.864. The predicted molar refractivity (Wildman–Crippen MR) is 76.9 cm³/mol. The minimum atomic E-state index is -0.170. The Hall–Kier alpha value is -1.60. The van der Waals surface area contributed by atoms with E-state index in [1.54, 1.807) is 22.7 Å². The van der Waals surface area contributed by atoms with Crippen molar-refractivity contribution < 1.29 is 4.79 Å². The van der Waals surface area contributed by atoms with Crippen molar-refractivity contribution in [3.8, 4) is 0 Å². The Labute approximate surface area is 125 Å². The van der Waals surface area contributed by atoms with Gasteiger partial charge in [0.1, 0.15) is 0 Å². The summed E-state index contributed by atoms with van der Waals surface area (Å²) in [6, 6.07) is 7.37. The summed E-state index contributed by atoms with van der Waals surface area (Å²) in [6.45, 7) is 0.658. The van der Waals surface area contributed by atoms with E-state index in [4.69, 9.17) is 11.6 Å². The number of aromatic nitrogens is 4. The van der Waals surface area contributed by atoms with E-state index < -0.39 is 0 Å². The van der Waals surface area contributed by atoms with Gasteiger partial charge >= 0.3 is 0 Å². The Bertz CT molecular complexity index is 646. The molecule has 0 aliphatic carbocycles. The molecule has 0 spiro atoms. The maximum Gasteiger partial charge on any atom is 0.240 e. The van der Waals surface area contributed by atoms with Crippen LogP contribution in [0.3, 0.4) is 0 Å². The number of carbonyl (C=O) groups excluding carboxylic acids is 1. The predicted octanol–water partition coefficient (Wildman–Crippen LogP) is 1.76. The molecule has 1 amide bonds. The fourth-order valence-electron chi connectivity index (χ4n) is 2.12. The lowest BCUT2D eigenvalue weighted by Gasteiger charge is -2.17. The molecule has 104 valence electrons. The number of anilines is 1. The Morgan fingerprint density at radius 3 is 2.90 bits per heavy atom. The number of tetrazole rings is 1. The molecular weight excluding hydrogens is 298 g/mol. The molecule has 0 saturated carbocycles. The number of benzene rings is 1. The van der Waals surface area contributed by atoms with Crippen LogP contribution in [0.15, 0.2) is 29.4 Å². The fourth-order valence-corrected chi connectivity index (χ4v) is 3.34. The van der Waals surface area contributed by atoms with Gasteiger partial charge in [-0.15, -0.1) is 5.10 Å². The molecule has 1 atom stereocenters. The van der Waals surface area contributed by atoms with Gasteiger partial charge in [-0.25, -0.2) is 4.68 Å². The van der Waals surface area contributed by atoms with Gasteiger partial charge in [-0.05, 0) is 29.0 Å². The molecule has 8 heteroatoms. The molecule has 0 radical (unpaired) electrons. The van der Waals surface area contributed by atoms with Gasteiger partial charge in [-0.1, -0.05) is 35.5 Å². The molecule has 1 aromatic carbocycles. The first kappa shape index (κ1) is 13.4. The maximum atomic E-state index is 12.5. The van der Waals surface area contributed by atoms with Crippen LogP contribution in [0.2, 0.25) is 5.02 Å². The van der Waals surface area contributed by atoms with E-state index in [9.17, 15) is 4.79 Å². The fraction of sp³-hybridized carbons (Fsp3) is 0.333.